The van der Waals surface area contributed by atoms with Crippen molar-refractivity contribution in [1.82, 2.24) is 9.80 Å². The number of hydrogen-bond acceptors (Lipinski definition) is 6. The van der Waals surface area contributed by atoms with Gasteiger partial charge in [-0.3, -0.25) is 14.4 Å². The predicted molar refractivity (Wildman–Crippen MR) is 92.9 cm³/mol. The Morgan fingerprint density at radius 2 is 1.93 bits per heavy atom. The zero-order chi connectivity index (χ0) is 19.5. The number of methoxy groups -OCH3 is 1. The van der Waals surface area contributed by atoms with Gasteiger partial charge in [0.05, 0.1) is 18.6 Å². The van der Waals surface area contributed by atoms with Gasteiger partial charge in [-0.1, -0.05) is 6.07 Å². The van der Waals surface area contributed by atoms with Crippen LogP contribution in [0.5, 0.6) is 11.5 Å². The summed E-state index contributed by atoms with van der Waals surface area (Å²) in [6.07, 6.45) is 0.209. The van der Waals surface area contributed by atoms with Crippen LogP contribution in [0.3, 0.4) is 0 Å². The average Bonchev–Trinajstić information content (AvgIpc) is 3.26. The minimum atomic E-state index is -1.05. The predicted octanol–water partition coefficient (Wildman–Crippen LogP) is 1.10. The van der Waals surface area contributed by atoms with E-state index in [4.69, 9.17) is 14.2 Å². The molecular weight excluding hydrogens is 352 g/mol. The van der Waals surface area contributed by atoms with Crippen molar-refractivity contribution in [3.05, 3.63) is 23.8 Å². The summed E-state index contributed by atoms with van der Waals surface area (Å²) in [4.78, 5) is 41.7. The van der Waals surface area contributed by atoms with E-state index in [-0.39, 0.29) is 25.0 Å². The summed E-state index contributed by atoms with van der Waals surface area (Å²) < 4.78 is 15.9. The Morgan fingerprint density at radius 3 is 2.63 bits per heavy atom. The Hall–Kier alpha value is -2.77. The number of piperazine rings is 1. The SMILES string of the molecule is COC(=O)C1(C)CC2C(=O)N(C)C(C)C(=O)N2C1c1ccc2c(c1)OCO2. The van der Waals surface area contributed by atoms with Crippen molar-refractivity contribution in [2.24, 2.45) is 5.41 Å². The third kappa shape index (κ3) is 2.32. The summed E-state index contributed by atoms with van der Waals surface area (Å²) in [5, 5.41) is 0. The maximum atomic E-state index is 13.1. The van der Waals surface area contributed by atoms with Crippen LogP contribution in [0.15, 0.2) is 18.2 Å². The van der Waals surface area contributed by atoms with Gasteiger partial charge in [0.2, 0.25) is 18.6 Å². The molecule has 0 saturated carbocycles. The second-order valence-electron chi connectivity index (χ2n) is 7.51. The molecule has 0 N–H and O–H groups in total. The number of rotatable bonds is 2. The van der Waals surface area contributed by atoms with Crippen LogP contribution in [0.1, 0.15) is 31.9 Å². The highest BCUT2D eigenvalue weighted by Crippen LogP contribution is 2.53. The van der Waals surface area contributed by atoms with E-state index in [9.17, 15) is 14.4 Å². The number of fused-ring (bicyclic) bond motifs is 2. The number of nitrogens with zero attached hydrogens (tertiary/aromatic N) is 2. The van der Waals surface area contributed by atoms with Gasteiger partial charge in [0.15, 0.2) is 11.5 Å². The minimum absolute atomic E-state index is 0.128. The lowest BCUT2D eigenvalue weighted by molar-refractivity contribution is -0.160. The van der Waals surface area contributed by atoms with E-state index in [0.717, 1.165) is 0 Å². The topological polar surface area (TPSA) is 85.4 Å². The van der Waals surface area contributed by atoms with Gasteiger partial charge in [0.25, 0.3) is 0 Å². The highest BCUT2D eigenvalue weighted by atomic mass is 16.7. The number of likely N-dealkylation sites (N-methyl/N-ethyl adjacent to an activating group) is 1. The molecule has 1 aromatic carbocycles. The fourth-order valence-electron chi connectivity index (χ4n) is 4.43. The molecule has 1 aromatic rings. The van der Waals surface area contributed by atoms with Crippen LogP contribution in [0.25, 0.3) is 0 Å². The number of benzene rings is 1. The first kappa shape index (κ1) is 17.6. The van der Waals surface area contributed by atoms with E-state index in [0.29, 0.717) is 17.1 Å². The van der Waals surface area contributed by atoms with Crippen molar-refractivity contribution in [3.63, 3.8) is 0 Å². The Balaban J connectivity index is 1.85. The molecule has 0 aliphatic carbocycles. The van der Waals surface area contributed by atoms with Crippen molar-refractivity contribution in [3.8, 4) is 11.5 Å². The molecule has 0 radical (unpaired) electrons. The summed E-state index contributed by atoms with van der Waals surface area (Å²) in [6.45, 7) is 3.57. The van der Waals surface area contributed by atoms with Crippen molar-refractivity contribution < 1.29 is 28.6 Å². The van der Waals surface area contributed by atoms with Crippen LogP contribution in [0.2, 0.25) is 0 Å². The monoisotopic (exact) mass is 374 g/mol. The molecule has 0 bridgehead atoms. The second-order valence-corrected chi connectivity index (χ2v) is 7.51. The van der Waals surface area contributed by atoms with E-state index < -0.39 is 29.5 Å². The van der Waals surface area contributed by atoms with Crippen LogP contribution in [0.4, 0.5) is 0 Å². The molecule has 0 spiro atoms. The first-order valence-corrected chi connectivity index (χ1v) is 8.86. The van der Waals surface area contributed by atoms with E-state index in [1.807, 2.05) is 6.07 Å². The molecule has 8 heteroatoms. The molecule has 27 heavy (non-hydrogen) atoms. The van der Waals surface area contributed by atoms with Crippen molar-refractivity contribution in [2.45, 2.75) is 38.4 Å². The van der Waals surface area contributed by atoms with Gasteiger partial charge in [0.1, 0.15) is 12.1 Å². The molecule has 0 aromatic heterocycles. The van der Waals surface area contributed by atoms with Crippen LogP contribution in [0, 0.1) is 5.41 Å². The maximum Gasteiger partial charge on any atom is 0.314 e. The first-order valence-electron chi connectivity index (χ1n) is 8.86. The van der Waals surface area contributed by atoms with Crippen molar-refractivity contribution in [2.75, 3.05) is 21.0 Å². The van der Waals surface area contributed by atoms with Crippen molar-refractivity contribution in [1.29, 1.82) is 0 Å². The fraction of sp³-hybridized carbons (Fsp3) is 0.526. The van der Waals surface area contributed by atoms with Gasteiger partial charge in [0, 0.05) is 7.05 Å². The standard InChI is InChI=1S/C19H22N2O6/c1-10-16(22)21-12(17(23)20(10)3)8-19(2,18(24)25-4)15(21)11-5-6-13-14(7-11)27-9-26-13/h5-7,10,12,15H,8-9H2,1-4H3. The number of esters is 1. The van der Waals surface area contributed by atoms with Crippen molar-refractivity contribution >= 4 is 17.8 Å². The number of ether oxygens (including phenoxy) is 3. The third-order valence-electron chi connectivity index (χ3n) is 6.02. The summed E-state index contributed by atoms with van der Waals surface area (Å²) in [6, 6.07) is 3.43. The Morgan fingerprint density at radius 1 is 1.22 bits per heavy atom. The Kier molecular flexibility index (Phi) is 3.83. The molecule has 3 aliphatic rings. The number of amides is 2. The van der Waals surface area contributed by atoms with E-state index in [2.05, 4.69) is 0 Å². The lowest BCUT2D eigenvalue weighted by Crippen LogP contribution is -2.60. The number of carbonyl (C=O) groups is 3. The Labute approximate surface area is 157 Å². The maximum absolute atomic E-state index is 13.1. The lowest BCUT2D eigenvalue weighted by atomic mass is 9.78. The molecule has 8 nitrogen and oxygen atoms in total. The van der Waals surface area contributed by atoms with Gasteiger partial charge in [-0.25, -0.2) is 0 Å². The molecule has 2 amide bonds. The number of carbonyl (C=O) groups excluding carboxylic acids is 3. The average molecular weight is 374 g/mol. The molecule has 4 atom stereocenters. The first-order chi connectivity index (χ1) is 12.8. The lowest BCUT2D eigenvalue weighted by Gasteiger charge is -2.42. The summed E-state index contributed by atoms with van der Waals surface area (Å²) >= 11 is 0. The largest absolute Gasteiger partial charge is 0.469 e. The normalized spacial score (nSPS) is 31.9. The quantitative estimate of drug-likeness (QED) is 0.721. The van der Waals surface area contributed by atoms with E-state index in [1.165, 1.54) is 12.0 Å². The summed E-state index contributed by atoms with van der Waals surface area (Å²) in [5.41, 5.74) is -0.337. The van der Waals surface area contributed by atoms with Crippen LogP contribution in [-0.2, 0) is 19.1 Å². The van der Waals surface area contributed by atoms with Gasteiger partial charge >= 0.3 is 5.97 Å². The molecule has 144 valence electrons. The molecular formula is C19H22N2O6. The number of hydrogen-bond donors (Lipinski definition) is 0. The third-order valence-corrected chi connectivity index (χ3v) is 6.02. The molecule has 3 heterocycles. The van der Waals surface area contributed by atoms with Crippen LogP contribution < -0.4 is 9.47 Å². The molecule has 3 aliphatic heterocycles. The Bertz CT molecular complexity index is 839. The molecule has 2 fully saturated rings. The van der Waals surface area contributed by atoms with Gasteiger partial charge in [-0.2, -0.15) is 0 Å². The minimum Gasteiger partial charge on any atom is -0.469 e. The zero-order valence-electron chi connectivity index (χ0n) is 15.7. The van der Waals surface area contributed by atoms with E-state index in [1.54, 1.807) is 37.9 Å². The highest BCUT2D eigenvalue weighted by molar-refractivity contribution is 5.99. The molecule has 2 saturated heterocycles. The summed E-state index contributed by atoms with van der Waals surface area (Å²) in [7, 11) is 2.94. The molecule has 4 unspecified atom stereocenters. The van der Waals surface area contributed by atoms with E-state index >= 15 is 0 Å². The summed E-state index contributed by atoms with van der Waals surface area (Å²) in [5.74, 6) is 0.375. The van der Waals surface area contributed by atoms with Gasteiger partial charge in [-0.05, 0) is 38.0 Å². The molecule has 4 rings (SSSR count). The zero-order valence-corrected chi connectivity index (χ0v) is 15.7. The second kappa shape index (κ2) is 5.87. The van der Waals surface area contributed by atoms with Gasteiger partial charge < -0.3 is 24.0 Å². The van der Waals surface area contributed by atoms with Gasteiger partial charge in [-0.15, -0.1) is 0 Å². The fourth-order valence-corrected chi connectivity index (χ4v) is 4.43. The van der Waals surface area contributed by atoms with Crippen LogP contribution in [-0.4, -0.2) is 60.6 Å². The smallest absolute Gasteiger partial charge is 0.314 e. The highest BCUT2D eigenvalue weighted by Gasteiger charge is 2.61. The van der Waals surface area contributed by atoms with Crippen LogP contribution >= 0.6 is 0 Å².